The Labute approximate surface area is 112 Å². The molecule has 1 aromatic heterocycles. The van der Waals surface area contributed by atoms with Crippen LogP contribution in [0.5, 0.6) is 0 Å². The monoisotopic (exact) mass is 261 g/mol. The second-order valence-corrected chi connectivity index (χ2v) is 5.34. The van der Waals surface area contributed by atoms with E-state index in [-0.39, 0.29) is 6.04 Å². The Hall–Kier alpha value is -1.32. The van der Waals surface area contributed by atoms with Crippen molar-refractivity contribution in [3.8, 4) is 0 Å². The van der Waals surface area contributed by atoms with Crippen molar-refractivity contribution >= 4 is 11.6 Å². The highest BCUT2D eigenvalue weighted by Gasteiger charge is 2.17. The van der Waals surface area contributed by atoms with Crippen molar-refractivity contribution in [3.63, 3.8) is 0 Å². The molecule has 1 unspecified atom stereocenters. The summed E-state index contributed by atoms with van der Waals surface area (Å²) < 4.78 is 2.19. The third kappa shape index (κ3) is 2.42. The third-order valence-electron chi connectivity index (χ3n) is 3.38. The van der Waals surface area contributed by atoms with E-state index in [1.807, 2.05) is 24.3 Å². The highest BCUT2D eigenvalue weighted by atomic mass is 35.5. The first-order valence-electron chi connectivity index (χ1n) is 6.25. The number of hydrogen-bond acceptors (Lipinski definition) is 2. The number of halogens is 1. The molecule has 2 N–H and O–H groups in total. The van der Waals surface area contributed by atoms with Crippen LogP contribution in [0.4, 0.5) is 0 Å². The lowest BCUT2D eigenvalue weighted by Gasteiger charge is -2.19. The van der Waals surface area contributed by atoms with Crippen molar-refractivity contribution < 1.29 is 0 Å². The molecule has 0 amide bonds. The number of hydrogen-bond donors (Lipinski definition) is 1. The molecule has 0 saturated carbocycles. The number of nitrogens with two attached hydrogens (primary N) is 1. The number of aromatic nitrogens is 2. The normalized spacial score (nSPS) is 18.7. The fourth-order valence-electron chi connectivity index (χ4n) is 2.43. The molecule has 0 saturated heterocycles. The van der Waals surface area contributed by atoms with Crippen LogP contribution in [0.1, 0.15) is 23.5 Å². The topological polar surface area (TPSA) is 43.8 Å². The van der Waals surface area contributed by atoms with Gasteiger partial charge in [0.25, 0.3) is 0 Å². The zero-order valence-electron chi connectivity index (χ0n) is 10.1. The molecule has 4 heteroatoms. The summed E-state index contributed by atoms with van der Waals surface area (Å²) in [6, 6.07) is 8.21. The molecule has 94 valence electrons. The predicted molar refractivity (Wildman–Crippen MR) is 72.8 cm³/mol. The van der Waals surface area contributed by atoms with Crippen molar-refractivity contribution in [2.75, 3.05) is 0 Å². The van der Waals surface area contributed by atoms with Gasteiger partial charge in [-0.3, -0.25) is 0 Å². The van der Waals surface area contributed by atoms with Crippen molar-refractivity contribution in [1.29, 1.82) is 0 Å². The smallest absolute Gasteiger partial charge is 0.109 e. The summed E-state index contributed by atoms with van der Waals surface area (Å²) >= 11 is 5.88. The largest absolute Gasteiger partial charge is 0.333 e. The van der Waals surface area contributed by atoms with Crippen molar-refractivity contribution in [1.82, 2.24) is 9.55 Å². The van der Waals surface area contributed by atoms with Gasteiger partial charge in [-0.25, -0.2) is 4.98 Å². The number of rotatable bonds is 2. The lowest BCUT2D eigenvalue weighted by Crippen LogP contribution is -2.31. The van der Waals surface area contributed by atoms with Gasteiger partial charge in [-0.2, -0.15) is 0 Å². The maximum absolute atomic E-state index is 5.96. The number of aryl methyl sites for hydroxylation is 1. The first kappa shape index (κ1) is 11.8. The Balaban J connectivity index is 1.79. The minimum absolute atomic E-state index is 0.273. The minimum atomic E-state index is 0.273. The molecule has 0 radical (unpaired) electrons. The summed E-state index contributed by atoms with van der Waals surface area (Å²) in [5.74, 6) is 1.17. The zero-order chi connectivity index (χ0) is 12.5. The van der Waals surface area contributed by atoms with Crippen molar-refractivity contribution in [2.45, 2.75) is 31.8 Å². The summed E-state index contributed by atoms with van der Waals surface area (Å²) in [6.07, 6.45) is 5.01. The van der Waals surface area contributed by atoms with Crippen LogP contribution in [-0.4, -0.2) is 15.6 Å². The van der Waals surface area contributed by atoms with Crippen LogP contribution in [0, 0.1) is 0 Å². The van der Waals surface area contributed by atoms with Gasteiger partial charge in [0.05, 0.1) is 5.69 Å². The average Bonchev–Trinajstić information content (AvgIpc) is 2.73. The lowest BCUT2D eigenvalue weighted by molar-refractivity contribution is 0.453. The highest BCUT2D eigenvalue weighted by molar-refractivity contribution is 6.30. The first-order chi connectivity index (χ1) is 8.70. The van der Waals surface area contributed by atoms with E-state index in [9.17, 15) is 0 Å². The van der Waals surface area contributed by atoms with E-state index < -0.39 is 0 Å². The van der Waals surface area contributed by atoms with Crippen LogP contribution in [0.15, 0.2) is 30.5 Å². The molecule has 2 aromatic rings. The van der Waals surface area contributed by atoms with Crippen LogP contribution in [-0.2, 0) is 19.4 Å². The van der Waals surface area contributed by atoms with E-state index in [1.54, 1.807) is 0 Å². The van der Waals surface area contributed by atoms with Crippen molar-refractivity contribution in [3.05, 3.63) is 52.6 Å². The molecular weight excluding hydrogens is 246 g/mol. The van der Waals surface area contributed by atoms with Gasteiger partial charge in [0, 0.05) is 36.6 Å². The molecule has 3 nitrogen and oxygen atoms in total. The first-order valence-corrected chi connectivity index (χ1v) is 6.63. The second-order valence-electron chi connectivity index (χ2n) is 4.90. The van der Waals surface area contributed by atoms with Gasteiger partial charge < -0.3 is 10.3 Å². The van der Waals surface area contributed by atoms with Crippen LogP contribution in [0.3, 0.4) is 0 Å². The molecule has 18 heavy (non-hydrogen) atoms. The minimum Gasteiger partial charge on any atom is -0.333 e. The van der Waals surface area contributed by atoms with Gasteiger partial charge in [0.2, 0.25) is 0 Å². The van der Waals surface area contributed by atoms with Crippen LogP contribution >= 0.6 is 11.6 Å². The van der Waals surface area contributed by atoms with E-state index in [0.29, 0.717) is 0 Å². The molecule has 3 rings (SSSR count). The maximum atomic E-state index is 5.96. The summed E-state index contributed by atoms with van der Waals surface area (Å²) in [7, 11) is 0. The van der Waals surface area contributed by atoms with Gasteiger partial charge in [-0.15, -0.1) is 0 Å². The molecule has 0 fully saturated rings. The molecule has 1 aliphatic heterocycles. The number of benzene rings is 1. The number of imidazole rings is 1. The van der Waals surface area contributed by atoms with E-state index in [2.05, 4.69) is 15.7 Å². The van der Waals surface area contributed by atoms with Crippen LogP contribution in [0.2, 0.25) is 5.02 Å². The molecule has 0 aliphatic carbocycles. The molecule has 0 bridgehead atoms. The van der Waals surface area contributed by atoms with Crippen LogP contribution in [0.25, 0.3) is 0 Å². The Kier molecular flexibility index (Phi) is 3.10. The predicted octanol–water partition coefficient (Wildman–Crippen LogP) is 2.40. The summed E-state index contributed by atoms with van der Waals surface area (Å²) in [4.78, 5) is 4.68. The van der Waals surface area contributed by atoms with E-state index >= 15 is 0 Å². The van der Waals surface area contributed by atoms with Gasteiger partial charge in [-0.1, -0.05) is 23.7 Å². The highest BCUT2D eigenvalue weighted by Crippen LogP contribution is 2.17. The standard InChI is InChI=1S/C14H16ClN3/c15-11-3-1-10(2-4-11)7-13-9-18-8-12(16)5-6-14(18)17-13/h1-4,9,12H,5-8,16H2. The van der Waals surface area contributed by atoms with Crippen molar-refractivity contribution in [2.24, 2.45) is 5.73 Å². The van der Waals surface area contributed by atoms with E-state index in [1.165, 1.54) is 11.4 Å². The van der Waals surface area contributed by atoms with E-state index in [0.717, 1.165) is 36.5 Å². The summed E-state index contributed by atoms with van der Waals surface area (Å²) in [6.45, 7) is 0.892. The second kappa shape index (κ2) is 4.75. The summed E-state index contributed by atoms with van der Waals surface area (Å²) in [5, 5.41) is 0.772. The Morgan fingerprint density at radius 3 is 2.89 bits per heavy atom. The quantitative estimate of drug-likeness (QED) is 0.902. The molecule has 1 atom stereocenters. The zero-order valence-corrected chi connectivity index (χ0v) is 10.9. The van der Waals surface area contributed by atoms with Gasteiger partial charge in [0.15, 0.2) is 0 Å². The lowest BCUT2D eigenvalue weighted by atomic mass is 10.1. The maximum Gasteiger partial charge on any atom is 0.109 e. The number of fused-ring (bicyclic) bond motifs is 1. The summed E-state index contributed by atoms with van der Waals surface area (Å²) in [5.41, 5.74) is 8.31. The van der Waals surface area contributed by atoms with Gasteiger partial charge in [0.1, 0.15) is 5.82 Å². The molecule has 0 spiro atoms. The Bertz CT molecular complexity index is 545. The fourth-order valence-corrected chi connectivity index (χ4v) is 2.55. The SMILES string of the molecule is NC1CCc2nc(Cc3ccc(Cl)cc3)cn2C1. The van der Waals surface area contributed by atoms with E-state index in [4.69, 9.17) is 17.3 Å². The molecule has 1 aromatic carbocycles. The third-order valence-corrected chi connectivity index (χ3v) is 3.63. The van der Waals surface area contributed by atoms with Gasteiger partial charge >= 0.3 is 0 Å². The molecular formula is C14H16ClN3. The Morgan fingerprint density at radius 2 is 2.11 bits per heavy atom. The molecule has 2 heterocycles. The Morgan fingerprint density at radius 1 is 1.33 bits per heavy atom. The van der Waals surface area contributed by atoms with Crippen LogP contribution < -0.4 is 5.73 Å². The fraction of sp³-hybridized carbons (Fsp3) is 0.357. The van der Waals surface area contributed by atoms with Gasteiger partial charge in [-0.05, 0) is 24.1 Å². The average molecular weight is 262 g/mol. The number of nitrogens with zero attached hydrogens (tertiary/aromatic N) is 2. The molecule has 1 aliphatic rings.